The number of carbonyl (C=O) groups excluding carboxylic acids is 2. The van der Waals surface area contributed by atoms with E-state index < -0.39 is 17.4 Å². The Morgan fingerprint density at radius 2 is 1.97 bits per heavy atom. The Balaban J connectivity index is 1.64. The number of aromatic hydroxyl groups is 1. The summed E-state index contributed by atoms with van der Waals surface area (Å²) in [4.78, 5) is 30.4. The normalized spacial score (nSPS) is 15.9. The highest BCUT2D eigenvalue weighted by Gasteiger charge is 2.38. The fraction of sp³-hybridized carbons (Fsp3) is 0.435. The maximum Gasteiger partial charge on any atom is 0.270 e. The Morgan fingerprint density at radius 3 is 2.61 bits per heavy atom. The lowest BCUT2D eigenvalue weighted by molar-refractivity contribution is -0.115. The number of nitrogens with zero attached hydrogens (tertiary/aromatic N) is 2. The molecule has 1 aliphatic heterocycles. The predicted molar refractivity (Wildman–Crippen MR) is 122 cm³/mol. The molecule has 178 valence electrons. The largest absolute Gasteiger partial charge is 0.508 e. The number of aromatic nitrogens is 1. The third-order valence-corrected chi connectivity index (χ3v) is 5.36. The van der Waals surface area contributed by atoms with Crippen LogP contribution in [-0.2, 0) is 17.8 Å². The summed E-state index contributed by atoms with van der Waals surface area (Å²) in [6.45, 7) is 5.62. The fourth-order valence-electron chi connectivity index (χ4n) is 3.51. The number of amides is 2. The van der Waals surface area contributed by atoms with Crippen LogP contribution >= 0.6 is 11.6 Å². The van der Waals surface area contributed by atoms with Crippen molar-refractivity contribution in [3.05, 3.63) is 52.3 Å². The molecule has 0 bridgehead atoms. The first-order valence-corrected chi connectivity index (χ1v) is 10.9. The number of carbonyl (C=O) groups is 2. The minimum absolute atomic E-state index is 0.143. The van der Waals surface area contributed by atoms with E-state index in [4.69, 9.17) is 11.6 Å². The maximum absolute atomic E-state index is 13.4. The molecular weight excluding hydrogens is 454 g/mol. The molecule has 33 heavy (non-hydrogen) atoms. The molecule has 7 nitrogen and oxygen atoms in total. The molecule has 1 aliphatic rings. The first kappa shape index (κ1) is 24.9. The first-order valence-electron chi connectivity index (χ1n) is 10.5. The van der Waals surface area contributed by atoms with E-state index >= 15 is 0 Å². The van der Waals surface area contributed by atoms with Gasteiger partial charge < -0.3 is 15.7 Å². The molecule has 1 fully saturated rings. The standard InChI is InChI=1S/C23H27ClF2N4O3/c1-22(2,3)29-21(33)18-11-16(4-6-27-18)28-20(32)10-14-8-17(24)15(9-19(14)31)12-30-7-5-23(25,26)13-30/h4,6,8-9,11,31H,5,7,10,12-13H2,1-3H3,(H,29,33)(H,27,28,32). The van der Waals surface area contributed by atoms with Gasteiger partial charge in [-0.3, -0.25) is 19.5 Å². The number of rotatable bonds is 6. The summed E-state index contributed by atoms with van der Waals surface area (Å²) in [6, 6.07) is 5.88. The van der Waals surface area contributed by atoms with Crippen molar-refractivity contribution in [1.82, 2.24) is 15.2 Å². The van der Waals surface area contributed by atoms with Gasteiger partial charge in [-0.2, -0.15) is 0 Å². The van der Waals surface area contributed by atoms with Gasteiger partial charge in [0.15, 0.2) is 0 Å². The zero-order valence-corrected chi connectivity index (χ0v) is 19.5. The molecule has 1 aromatic heterocycles. The monoisotopic (exact) mass is 480 g/mol. The topological polar surface area (TPSA) is 94.6 Å². The lowest BCUT2D eigenvalue weighted by Gasteiger charge is -2.20. The quantitative estimate of drug-likeness (QED) is 0.581. The Morgan fingerprint density at radius 1 is 1.24 bits per heavy atom. The summed E-state index contributed by atoms with van der Waals surface area (Å²) in [5, 5.41) is 16.1. The van der Waals surface area contributed by atoms with Crippen LogP contribution in [0.3, 0.4) is 0 Å². The number of nitrogens with one attached hydrogen (secondary N) is 2. The number of phenolic OH excluding ortho intramolecular Hbond substituents is 1. The van der Waals surface area contributed by atoms with Crippen LogP contribution in [0.1, 0.15) is 48.8 Å². The predicted octanol–water partition coefficient (Wildman–Crippen LogP) is 3.99. The third-order valence-electron chi connectivity index (χ3n) is 5.01. The number of benzene rings is 1. The van der Waals surface area contributed by atoms with Gasteiger partial charge in [-0.05, 0) is 50.6 Å². The molecule has 0 atom stereocenters. The number of hydrogen-bond acceptors (Lipinski definition) is 5. The number of phenols is 1. The van der Waals surface area contributed by atoms with Crippen LogP contribution in [0.2, 0.25) is 5.02 Å². The van der Waals surface area contributed by atoms with Crippen LogP contribution in [0.5, 0.6) is 5.75 Å². The molecule has 0 unspecified atom stereocenters. The molecule has 10 heteroatoms. The van der Waals surface area contributed by atoms with Crippen molar-refractivity contribution >= 4 is 29.1 Å². The molecule has 0 saturated carbocycles. The Labute approximate surface area is 196 Å². The third kappa shape index (κ3) is 7.10. The van der Waals surface area contributed by atoms with Gasteiger partial charge in [0.25, 0.3) is 11.8 Å². The number of alkyl halides is 2. The molecule has 1 saturated heterocycles. The van der Waals surface area contributed by atoms with E-state index in [1.807, 2.05) is 20.8 Å². The van der Waals surface area contributed by atoms with Gasteiger partial charge >= 0.3 is 0 Å². The smallest absolute Gasteiger partial charge is 0.270 e. The summed E-state index contributed by atoms with van der Waals surface area (Å²) in [6.07, 6.45) is 1.04. The van der Waals surface area contributed by atoms with Crippen LogP contribution in [0.25, 0.3) is 0 Å². The number of likely N-dealkylation sites (tertiary alicyclic amines) is 1. The van der Waals surface area contributed by atoms with E-state index in [0.717, 1.165) is 0 Å². The summed E-state index contributed by atoms with van der Waals surface area (Å²) in [5.74, 6) is -3.65. The molecule has 0 aliphatic carbocycles. The van der Waals surface area contributed by atoms with Crippen molar-refractivity contribution in [3.63, 3.8) is 0 Å². The van der Waals surface area contributed by atoms with Gasteiger partial charge in [0.05, 0.1) is 13.0 Å². The molecule has 0 spiro atoms. The lowest BCUT2D eigenvalue weighted by atomic mass is 10.1. The number of pyridine rings is 1. The summed E-state index contributed by atoms with van der Waals surface area (Å²) >= 11 is 6.29. The molecule has 3 N–H and O–H groups in total. The molecule has 1 aromatic carbocycles. The first-order chi connectivity index (χ1) is 15.3. The van der Waals surface area contributed by atoms with E-state index in [9.17, 15) is 23.5 Å². The SMILES string of the molecule is CC(C)(C)NC(=O)c1cc(NC(=O)Cc2cc(Cl)c(CN3CCC(F)(F)C3)cc2O)ccn1. The maximum atomic E-state index is 13.4. The highest BCUT2D eigenvalue weighted by molar-refractivity contribution is 6.31. The van der Waals surface area contributed by atoms with Crippen LogP contribution in [0.15, 0.2) is 30.5 Å². The highest BCUT2D eigenvalue weighted by Crippen LogP contribution is 2.32. The van der Waals surface area contributed by atoms with E-state index in [2.05, 4.69) is 15.6 Å². The van der Waals surface area contributed by atoms with Crippen molar-refractivity contribution in [2.75, 3.05) is 18.4 Å². The van der Waals surface area contributed by atoms with Crippen molar-refractivity contribution in [2.24, 2.45) is 0 Å². The van der Waals surface area contributed by atoms with E-state index in [1.54, 1.807) is 11.0 Å². The van der Waals surface area contributed by atoms with Gasteiger partial charge in [-0.15, -0.1) is 0 Å². The Bertz CT molecular complexity index is 1060. The van der Waals surface area contributed by atoms with Gasteiger partial charge in [0.2, 0.25) is 5.91 Å². The minimum atomic E-state index is -2.72. The molecule has 2 aromatic rings. The number of halogens is 3. The second kappa shape index (κ2) is 9.61. The minimum Gasteiger partial charge on any atom is -0.508 e. The van der Waals surface area contributed by atoms with Crippen LogP contribution in [0, 0.1) is 0 Å². The molecule has 2 heterocycles. The zero-order valence-electron chi connectivity index (χ0n) is 18.7. The second-order valence-corrected chi connectivity index (χ2v) is 9.65. The van der Waals surface area contributed by atoms with Gasteiger partial charge in [-0.1, -0.05) is 11.6 Å². The Hall–Kier alpha value is -2.78. The van der Waals surface area contributed by atoms with Crippen molar-refractivity contribution in [1.29, 1.82) is 0 Å². The molecule has 3 rings (SSSR count). The fourth-order valence-corrected chi connectivity index (χ4v) is 3.75. The van der Waals surface area contributed by atoms with Crippen LogP contribution < -0.4 is 10.6 Å². The average Bonchev–Trinajstić information content (AvgIpc) is 3.03. The molecular formula is C23H27ClF2N4O3. The van der Waals surface area contributed by atoms with Gasteiger partial charge in [-0.25, -0.2) is 8.78 Å². The summed E-state index contributed by atoms with van der Waals surface area (Å²) in [5.41, 5.74) is 0.917. The van der Waals surface area contributed by atoms with Crippen LogP contribution in [-0.4, -0.2) is 51.4 Å². The van der Waals surface area contributed by atoms with E-state index in [1.165, 1.54) is 24.4 Å². The van der Waals surface area contributed by atoms with Gasteiger partial charge in [0.1, 0.15) is 11.4 Å². The zero-order chi connectivity index (χ0) is 24.4. The molecule has 0 radical (unpaired) electrons. The average molecular weight is 481 g/mol. The second-order valence-electron chi connectivity index (χ2n) is 9.25. The van der Waals surface area contributed by atoms with E-state index in [0.29, 0.717) is 16.8 Å². The summed E-state index contributed by atoms with van der Waals surface area (Å²) < 4.78 is 26.8. The van der Waals surface area contributed by atoms with Crippen molar-refractivity contribution < 1.29 is 23.5 Å². The van der Waals surface area contributed by atoms with Crippen molar-refractivity contribution in [3.8, 4) is 5.75 Å². The lowest BCUT2D eigenvalue weighted by Crippen LogP contribution is -2.40. The molecule has 2 amide bonds. The van der Waals surface area contributed by atoms with Crippen LogP contribution in [0.4, 0.5) is 14.5 Å². The highest BCUT2D eigenvalue weighted by atomic mass is 35.5. The van der Waals surface area contributed by atoms with Gasteiger partial charge in [0, 0.05) is 47.5 Å². The number of anilines is 1. The Kier molecular flexibility index (Phi) is 7.23. The summed E-state index contributed by atoms with van der Waals surface area (Å²) in [7, 11) is 0. The number of hydrogen-bond donors (Lipinski definition) is 3. The van der Waals surface area contributed by atoms with E-state index in [-0.39, 0.29) is 54.8 Å². The van der Waals surface area contributed by atoms with Crippen molar-refractivity contribution in [2.45, 2.75) is 51.6 Å².